The minimum absolute atomic E-state index is 0.506. The molecule has 3 rings (SSSR count). The highest BCUT2D eigenvalue weighted by Gasteiger charge is 2.45. The number of benzene rings is 1. The smallest absolute Gasteiger partial charge is 0.311 e. The van der Waals surface area contributed by atoms with Crippen LogP contribution in [0.3, 0.4) is 0 Å². The van der Waals surface area contributed by atoms with Crippen LogP contribution >= 0.6 is 0 Å². The third-order valence-corrected chi connectivity index (χ3v) is 4.83. The average molecular weight is 259 g/mol. The van der Waals surface area contributed by atoms with Crippen molar-refractivity contribution in [2.45, 2.75) is 38.5 Å². The summed E-state index contributed by atoms with van der Waals surface area (Å²) in [5, 5.41) is 9.41. The standard InChI is InChI=1S/C16H21NO2/c1-17(11-16(15(18)19)8-3-9-16)14-7-6-12-4-2-5-13(12)10-14/h6-7,10H,2-5,8-9,11H2,1H3,(H,18,19). The number of aryl methyl sites for hydroxylation is 2. The molecule has 0 bridgehead atoms. The van der Waals surface area contributed by atoms with Gasteiger partial charge in [0.1, 0.15) is 0 Å². The van der Waals surface area contributed by atoms with Crippen LogP contribution in [-0.2, 0) is 17.6 Å². The molecule has 1 aromatic rings. The van der Waals surface area contributed by atoms with Gasteiger partial charge in [0.25, 0.3) is 0 Å². The maximum Gasteiger partial charge on any atom is 0.311 e. The average Bonchev–Trinajstić information content (AvgIpc) is 2.79. The van der Waals surface area contributed by atoms with E-state index in [1.807, 2.05) is 7.05 Å². The van der Waals surface area contributed by atoms with Crippen LogP contribution in [0, 0.1) is 5.41 Å². The van der Waals surface area contributed by atoms with E-state index in [4.69, 9.17) is 0 Å². The lowest BCUT2D eigenvalue weighted by atomic mass is 9.68. The molecule has 0 aliphatic heterocycles. The highest BCUT2D eigenvalue weighted by molar-refractivity contribution is 5.76. The summed E-state index contributed by atoms with van der Waals surface area (Å²) in [6, 6.07) is 6.59. The molecule has 1 saturated carbocycles. The van der Waals surface area contributed by atoms with Crippen molar-refractivity contribution in [1.82, 2.24) is 0 Å². The molecule has 3 heteroatoms. The number of hydrogen-bond donors (Lipinski definition) is 1. The number of anilines is 1. The molecule has 0 unspecified atom stereocenters. The second-order valence-corrected chi connectivity index (χ2v) is 6.10. The molecule has 19 heavy (non-hydrogen) atoms. The number of rotatable bonds is 4. The van der Waals surface area contributed by atoms with Gasteiger partial charge in [-0.3, -0.25) is 4.79 Å². The van der Waals surface area contributed by atoms with Crippen LogP contribution in [0.5, 0.6) is 0 Å². The summed E-state index contributed by atoms with van der Waals surface area (Å²) in [5.41, 5.74) is 3.57. The van der Waals surface area contributed by atoms with Crippen LogP contribution in [0.15, 0.2) is 18.2 Å². The summed E-state index contributed by atoms with van der Waals surface area (Å²) in [5.74, 6) is -0.633. The fourth-order valence-corrected chi connectivity index (χ4v) is 3.38. The fraction of sp³-hybridized carbons (Fsp3) is 0.562. The lowest BCUT2D eigenvalue weighted by Gasteiger charge is -2.41. The minimum atomic E-state index is -0.633. The monoisotopic (exact) mass is 259 g/mol. The Bertz CT molecular complexity index is 505. The van der Waals surface area contributed by atoms with Crippen LogP contribution < -0.4 is 4.90 Å². The molecule has 0 atom stereocenters. The third kappa shape index (κ3) is 2.11. The highest BCUT2D eigenvalue weighted by Crippen LogP contribution is 2.42. The highest BCUT2D eigenvalue weighted by atomic mass is 16.4. The van der Waals surface area contributed by atoms with Crippen LogP contribution in [0.4, 0.5) is 5.69 Å². The van der Waals surface area contributed by atoms with E-state index in [2.05, 4.69) is 23.1 Å². The maximum absolute atomic E-state index is 11.4. The fourth-order valence-electron chi connectivity index (χ4n) is 3.38. The van der Waals surface area contributed by atoms with E-state index in [9.17, 15) is 9.90 Å². The number of aliphatic carboxylic acids is 1. The summed E-state index contributed by atoms with van der Waals surface area (Å²) in [6.45, 7) is 0.626. The van der Waals surface area contributed by atoms with E-state index in [-0.39, 0.29) is 0 Å². The van der Waals surface area contributed by atoms with Crippen molar-refractivity contribution in [2.75, 3.05) is 18.5 Å². The quantitative estimate of drug-likeness (QED) is 0.904. The first-order valence-electron chi connectivity index (χ1n) is 7.17. The molecule has 1 N–H and O–H groups in total. The van der Waals surface area contributed by atoms with Gasteiger partial charge in [-0.1, -0.05) is 12.5 Å². The van der Waals surface area contributed by atoms with E-state index in [0.717, 1.165) is 24.9 Å². The van der Waals surface area contributed by atoms with Crippen LogP contribution in [0.2, 0.25) is 0 Å². The topological polar surface area (TPSA) is 40.5 Å². The third-order valence-electron chi connectivity index (χ3n) is 4.83. The lowest BCUT2D eigenvalue weighted by molar-refractivity contribution is -0.153. The normalized spacial score (nSPS) is 19.6. The number of carboxylic acid groups (broad SMARTS) is 1. The summed E-state index contributed by atoms with van der Waals surface area (Å²) >= 11 is 0. The Labute approximate surface area is 114 Å². The van der Waals surface area contributed by atoms with Crippen molar-refractivity contribution in [3.05, 3.63) is 29.3 Å². The number of carboxylic acids is 1. The van der Waals surface area contributed by atoms with Gasteiger partial charge in [0, 0.05) is 19.3 Å². The molecular formula is C16H21NO2. The van der Waals surface area contributed by atoms with Crippen molar-refractivity contribution in [1.29, 1.82) is 0 Å². The molecule has 3 nitrogen and oxygen atoms in total. The Morgan fingerprint density at radius 3 is 2.63 bits per heavy atom. The Morgan fingerprint density at radius 1 is 1.26 bits per heavy atom. The zero-order valence-corrected chi connectivity index (χ0v) is 11.5. The molecule has 0 radical (unpaired) electrons. The molecule has 0 saturated heterocycles. The molecule has 1 aromatic carbocycles. The zero-order valence-electron chi connectivity index (χ0n) is 11.5. The van der Waals surface area contributed by atoms with Crippen LogP contribution in [0.25, 0.3) is 0 Å². The predicted molar refractivity (Wildman–Crippen MR) is 75.7 cm³/mol. The number of fused-ring (bicyclic) bond motifs is 1. The second kappa shape index (κ2) is 4.55. The van der Waals surface area contributed by atoms with Gasteiger partial charge in [-0.2, -0.15) is 0 Å². The van der Waals surface area contributed by atoms with Gasteiger partial charge in [0.15, 0.2) is 0 Å². The van der Waals surface area contributed by atoms with Crippen molar-refractivity contribution < 1.29 is 9.90 Å². The summed E-state index contributed by atoms with van der Waals surface area (Å²) in [7, 11) is 2.01. The predicted octanol–water partition coefficient (Wildman–Crippen LogP) is 2.87. The van der Waals surface area contributed by atoms with Gasteiger partial charge in [0.2, 0.25) is 0 Å². The summed E-state index contributed by atoms with van der Waals surface area (Å²) in [6.07, 6.45) is 6.29. The van der Waals surface area contributed by atoms with E-state index >= 15 is 0 Å². The van der Waals surface area contributed by atoms with Gasteiger partial charge >= 0.3 is 5.97 Å². The van der Waals surface area contributed by atoms with Gasteiger partial charge in [-0.05, 0) is 55.4 Å². The molecule has 0 heterocycles. The Balaban J connectivity index is 1.77. The van der Waals surface area contributed by atoms with Gasteiger partial charge in [-0.25, -0.2) is 0 Å². The Kier molecular flexibility index (Phi) is 3.00. The summed E-state index contributed by atoms with van der Waals surface area (Å²) in [4.78, 5) is 13.5. The van der Waals surface area contributed by atoms with Crippen molar-refractivity contribution in [3.63, 3.8) is 0 Å². The number of nitrogens with zero attached hydrogens (tertiary/aromatic N) is 1. The summed E-state index contributed by atoms with van der Waals surface area (Å²) < 4.78 is 0. The van der Waals surface area contributed by atoms with Gasteiger partial charge in [-0.15, -0.1) is 0 Å². The molecule has 2 aliphatic carbocycles. The maximum atomic E-state index is 11.4. The molecule has 1 fully saturated rings. The second-order valence-electron chi connectivity index (χ2n) is 6.10. The molecule has 2 aliphatic rings. The van der Waals surface area contributed by atoms with Gasteiger partial charge in [0.05, 0.1) is 5.41 Å². The van der Waals surface area contributed by atoms with Crippen LogP contribution in [0.1, 0.15) is 36.8 Å². The largest absolute Gasteiger partial charge is 0.481 e. The van der Waals surface area contributed by atoms with Gasteiger partial charge < -0.3 is 10.0 Å². The van der Waals surface area contributed by atoms with Crippen LogP contribution in [-0.4, -0.2) is 24.7 Å². The van der Waals surface area contributed by atoms with E-state index in [0.29, 0.717) is 6.54 Å². The number of carbonyl (C=O) groups is 1. The molecule has 0 aromatic heterocycles. The molecular weight excluding hydrogens is 238 g/mol. The first kappa shape index (κ1) is 12.5. The lowest BCUT2D eigenvalue weighted by Crippen LogP contribution is -2.46. The van der Waals surface area contributed by atoms with Crippen molar-refractivity contribution >= 4 is 11.7 Å². The van der Waals surface area contributed by atoms with E-state index in [1.54, 1.807) is 0 Å². The molecule has 102 valence electrons. The van der Waals surface area contributed by atoms with E-state index < -0.39 is 11.4 Å². The molecule has 0 spiro atoms. The SMILES string of the molecule is CN(CC1(C(=O)O)CCC1)c1ccc2c(c1)CCC2. The Hall–Kier alpha value is -1.51. The van der Waals surface area contributed by atoms with Crippen molar-refractivity contribution in [2.24, 2.45) is 5.41 Å². The number of hydrogen-bond acceptors (Lipinski definition) is 2. The molecule has 0 amide bonds. The van der Waals surface area contributed by atoms with E-state index in [1.165, 1.54) is 30.4 Å². The zero-order chi connectivity index (χ0) is 13.5. The minimum Gasteiger partial charge on any atom is -0.481 e. The Morgan fingerprint density at radius 2 is 2.00 bits per heavy atom. The first-order chi connectivity index (χ1) is 9.11. The van der Waals surface area contributed by atoms with Crippen molar-refractivity contribution in [3.8, 4) is 0 Å². The first-order valence-corrected chi connectivity index (χ1v) is 7.17.